The molecular weight excluding hydrogens is 421 g/mol. The van der Waals surface area contributed by atoms with Crippen molar-refractivity contribution in [1.29, 1.82) is 0 Å². The monoisotopic (exact) mass is 451 g/mol. The minimum atomic E-state index is -0.501. The van der Waals surface area contributed by atoms with Crippen LogP contribution >= 0.6 is 23.2 Å². The maximum absolute atomic E-state index is 11.4. The Morgan fingerprint density at radius 3 is 2.00 bits per heavy atom. The number of carbonyl (C=O) groups excluding carboxylic acids is 1. The molecule has 0 radical (unpaired) electrons. The molecule has 0 saturated carbocycles. The summed E-state index contributed by atoms with van der Waals surface area (Å²) in [5.41, 5.74) is 0.471. The zero-order valence-electron chi connectivity index (χ0n) is 17.3. The van der Waals surface area contributed by atoms with Crippen LogP contribution in [0, 0.1) is 0 Å². The number of halogens is 2. The van der Waals surface area contributed by atoms with E-state index in [9.17, 15) is 4.79 Å². The van der Waals surface area contributed by atoms with Crippen LogP contribution in [-0.4, -0.2) is 69.4 Å². The maximum Gasteiger partial charge on any atom is 0.407 e. The van der Waals surface area contributed by atoms with Crippen LogP contribution in [0.2, 0.25) is 10.3 Å². The number of aromatic nitrogens is 1. The van der Waals surface area contributed by atoms with Gasteiger partial charge in [-0.1, -0.05) is 23.2 Å². The van der Waals surface area contributed by atoms with Gasteiger partial charge in [-0.2, -0.15) is 0 Å². The molecule has 10 heteroatoms. The van der Waals surface area contributed by atoms with Crippen molar-refractivity contribution in [3.63, 3.8) is 0 Å². The second-order valence-electron chi connectivity index (χ2n) is 7.06. The molecule has 0 saturated heterocycles. The van der Waals surface area contributed by atoms with E-state index in [1.807, 2.05) is 20.8 Å². The molecule has 166 valence electrons. The Hall–Kier alpha value is -1.16. The third-order valence-corrected chi connectivity index (χ3v) is 3.62. The second kappa shape index (κ2) is 14.8. The summed E-state index contributed by atoms with van der Waals surface area (Å²) in [4.78, 5) is 15.3. The first kappa shape index (κ1) is 25.9. The van der Waals surface area contributed by atoms with Gasteiger partial charge in [-0.15, -0.1) is 0 Å². The van der Waals surface area contributed by atoms with E-state index in [4.69, 9.17) is 42.1 Å². The molecule has 0 fully saturated rings. The van der Waals surface area contributed by atoms with E-state index in [-0.39, 0.29) is 0 Å². The Balaban J connectivity index is 1.84. The molecule has 1 aromatic rings. The number of amides is 1. The van der Waals surface area contributed by atoms with Crippen molar-refractivity contribution in [2.45, 2.75) is 32.9 Å². The van der Waals surface area contributed by atoms with E-state index < -0.39 is 11.7 Å². The average molecular weight is 452 g/mol. The van der Waals surface area contributed by atoms with Gasteiger partial charge >= 0.3 is 6.09 Å². The Bertz CT molecular complexity index is 579. The van der Waals surface area contributed by atoms with E-state index in [1.165, 1.54) is 0 Å². The van der Waals surface area contributed by atoms with Crippen LogP contribution in [0.25, 0.3) is 0 Å². The number of nitrogens with zero attached hydrogens (tertiary/aromatic N) is 1. The van der Waals surface area contributed by atoms with Crippen molar-refractivity contribution in [1.82, 2.24) is 15.6 Å². The quantitative estimate of drug-likeness (QED) is 0.331. The molecule has 29 heavy (non-hydrogen) atoms. The summed E-state index contributed by atoms with van der Waals surface area (Å²) in [6.45, 7) is 10.1. The van der Waals surface area contributed by atoms with Gasteiger partial charge in [0.1, 0.15) is 15.9 Å². The summed E-state index contributed by atoms with van der Waals surface area (Å²) in [5, 5.41) is 6.62. The molecule has 0 spiro atoms. The van der Waals surface area contributed by atoms with Crippen LogP contribution in [0.15, 0.2) is 12.1 Å². The molecule has 0 unspecified atom stereocenters. The lowest BCUT2D eigenvalue weighted by atomic mass is 10.2. The molecule has 8 nitrogen and oxygen atoms in total. The van der Waals surface area contributed by atoms with Crippen LogP contribution in [0.4, 0.5) is 4.79 Å². The lowest BCUT2D eigenvalue weighted by molar-refractivity contribution is 0.0145. The number of ether oxygens (including phenoxy) is 4. The Morgan fingerprint density at radius 2 is 1.45 bits per heavy atom. The second-order valence-corrected chi connectivity index (χ2v) is 7.84. The van der Waals surface area contributed by atoms with Crippen molar-refractivity contribution in [3.8, 4) is 0 Å². The normalized spacial score (nSPS) is 11.5. The lowest BCUT2D eigenvalue weighted by Crippen LogP contribution is -2.34. The highest BCUT2D eigenvalue weighted by Gasteiger charge is 2.15. The first-order chi connectivity index (χ1) is 13.8. The van der Waals surface area contributed by atoms with E-state index in [2.05, 4.69) is 15.6 Å². The third kappa shape index (κ3) is 15.4. The number of hydrogen-bond acceptors (Lipinski definition) is 7. The summed E-state index contributed by atoms with van der Waals surface area (Å²) in [6.07, 6.45) is -0.447. The summed E-state index contributed by atoms with van der Waals surface area (Å²) < 4.78 is 21.4. The Kier molecular flexibility index (Phi) is 13.2. The van der Waals surface area contributed by atoms with E-state index in [0.717, 1.165) is 5.56 Å². The van der Waals surface area contributed by atoms with Crippen LogP contribution < -0.4 is 10.6 Å². The van der Waals surface area contributed by atoms with Gasteiger partial charge in [-0.3, -0.25) is 0 Å². The molecule has 0 aliphatic rings. The van der Waals surface area contributed by atoms with Crippen molar-refractivity contribution in [2.75, 3.05) is 52.7 Å². The minimum absolute atomic E-state index is 0.381. The van der Waals surface area contributed by atoms with Crippen LogP contribution in [0.1, 0.15) is 26.3 Å². The molecule has 0 aliphatic heterocycles. The number of nitrogens with one attached hydrogen (secondary N) is 2. The number of pyridine rings is 1. The summed E-state index contributed by atoms with van der Waals surface area (Å²) in [5.74, 6) is 0. The summed E-state index contributed by atoms with van der Waals surface area (Å²) >= 11 is 11.7. The highest BCUT2D eigenvalue weighted by Crippen LogP contribution is 2.14. The molecule has 1 rings (SSSR count). The van der Waals surface area contributed by atoms with Gasteiger partial charge in [-0.25, -0.2) is 9.78 Å². The molecule has 0 aromatic carbocycles. The maximum atomic E-state index is 11.4. The molecule has 1 heterocycles. The smallest absolute Gasteiger partial charge is 0.407 e. The number of rotatable bonds is 14. The summed E-state index contributed by atoms with van der Waals surface area (Å²) in [7, 11) is 0. The van der Waals surface area contributed by atoms with Gasteiger partial charge in [0.2, 0.25) is 0 Å². The predicted octanol–water partition coefficient (Wildman–Crippen LogP) is 3.05. The molecule has 1 amide bonds. The molecule has 1 aromatic heterocycles. The fourth-order valence-corrected chi connectivity index (χ4v) is 2.58. The van der Waals surface area contributed by atoms with Crippen molar-refractivity contribution >= 4 is 29.3 Å². The zero-order valence-corrected chi connectivity index (χ0v) is 18.8. The van der Waals surface area contributed by atoms with Crippen molar-refractivity contribution < 1.29 is 23.7 Å². The first-order valence-corrected chi connectivity index (χ1v) is 10.2. The lowest BCUT2D eigenvalue weighted by Gasteiger charge is -2.19. The Labute approximate surface area is 182 Å². The molecule has 2 N–H and O–H groups in total. The standard InChI is InChI=1S/C19H31Cl2N3O5/c1-19(2,3)29-18(25)23-5-7-27-9-11-28-10-8-26-6-4-22-14-15-12-16(20)24-17(21)13-15/h12-13,22H,4-11,14H2,1-3H3,(H,23,25). The SMILES string of the molecule is CC(C)(C)OC(=O)NCCOCCOCCOCCNCc1cc(Cl)nc(Cl)c1. The average Bonchev–Trinajstić information content (AvgIpc) is 2.59. The predicted molar refractivity (Wildman–Crippen MR) is 113 cm³/mol. The molecular formula is C19H31Cl2N3O5. The summed E-state index contributed by atoms with van der Waals surface area (Å²) in [6, 6.07) is 3.54. The van der Waals surface area contributed by atoms with Gasteiger partial charge in [0.05, 0.1) is 39.6 Å². The van der Waals surface area contributed by atoms with Gasteiger partial charge in [-0.05, 0) is 38.5 Å². The van der Waals surface area contributed by atoms with Gasteiger partial charge in [0.25, 0.3) is 0 Å². The van der Waals surface area contributed by atoms with Crippen molar-refractivity contribution in [2.24, 2.45) is 0 Å². The van der Waals surface area contributed by atoms with E-state index in [1.54, 1.807) is 12.1 Å². The van der Waals surface area contributed by atoms with Crippen LogP contribution in [0.5, 0.6) is 0 Å². The van der Waals surface area contributed by atoms with E-state index in [0.29, 0.717) is 69.6 Å². The third-order valence-electron chi connectivity index (χ3n) is 3.23. The zero-order chi connectivity index (χ0) is 21.5. The van der Waals surface area contributed by atoms with E-state index >= 15 is 0 Å². The molecule has 0 atom stereocenters. The molecule has 0 bridgehead atoms. The van der Waals surface area contributed by atoms with Gasteiger partial charge in [0.15, 0.2) is 0 Å². The Morgan fingerprint density at radius 1 is 0.931 bits per heavy atom. The largest absolute Gasteiger partial charge is 0.444 e. The number of alkyl carbamates (subject to hydrolysis) is 1. The fourth-order valence-electron chi connectivity index (χ4n) is 2.07. The number of carbonyl (C=O) groups is 1. The van der Waals surface area contributed by atoms with Gasteiger partial charge in [0, 0.05) is 19.6 Å². The topological polar surface area (TPSA) is 90.9 Å². The molecule has 0 aliphatic carbocycles. The van der Waals surface area contributed by atoms with Crippen LogP contribution in [0.3, 0.4) is 0 Å². The highest BCUT2D eigenvalue weighted by molar-refractivity contribution is 6.32. The number of hydrogen-bond donors (Lipinski definition) is 2. The van der Waals surface area contributed by atoms with Gasteiger partial charge < -0.3 is 29.6 Å². The minimum Gasteiger partial charge on any atom is -0.444 e. The fraction of sp³-hybridized carbons (Fsp3) is 0.684. The van der Waals surface area contributed by atoms with Crippen LogP contribution in [-0.2, 0) is 25.5 Å². The van der Waals surface area contributed by atoms with Crippen molar-refractivity contribution in [3.05, 3.63) is 28.0 Å². The first-order valence-electron chi connectivity index (χ1n) is 9.49. The highest BCUT2D eigenvalue weighted by atomic mass is 35.5.